The van der Waals surface area contributed by atoms with Crippen molar-refractivity contribution in [3.8, 4) is 0 Å². The molecule has 1 aliphatic heterocycles. The first-order valence-corrected chi connectivity index (χ1v) is 11.8. The Kier molecular flexibility index (Phi) is 7.93. The maximum Gasteiger partial charge on any atom is 0.124 e. The molecule has 1 aliphatic rings. The fraction of sp³-hybridized carbons (Fsp3) is 0.650. The zero-order valence-electron chi connectivity index (χ0n) is 14.2. The van der Waals surface area contributed by atoms with E-state index in [0.29, 0.717) is 6.42 Å². The molecule has 0 aromatic heterocycles. The molecule has 0 saturated carbocycles. The molecule has 0 unspecified atom stereocenters. The van der Waals surface area contributed by atoms with E-state index in [4.69, 9.17) is 0 Å². The SMILES string of the molecule is CCCCCCC[SiH]1CCC(c2ccc(CC=O)cc2)CC1. The molecular weight excluding hydrogens is 284 g/mol. The molecule has 2 rings (SSSR count). The Morgan fingerprint density at radius 2 is 1.73 bits per heavy atom. The van der Waals surface area contributed by atoms with E-state index >= 15 is 0 Å². The maximum atomic E-state index is 10.5. The van der Waals surface area contributed by atoms with Gasteiger partial charge in [-0.2, -0.15) is 0 Å². The first-order valence-electron chi connectivity index (χ1n) is 9.36. The van der Waals surface area contributed by atoms with Crippen molar-refractivity contribution in [3.05, 3.63) is 35.4 Å². The molecule has 0 N–H and O–H groups in total. The van der Waals surface area contributed by atoms with Gasteiger partial charge in [-0.05, 0) is 29.9 Å². The summed E-state index contributed by atoms with van der Waals surface area (Å²) < 4.78 is 0. The molecule has 0 spiro atoms. The second-order valence-corrected chi connectivity index (χ2v) is 10.5. The number of carbonyl (C=O) groups excluding carboxylic acids is 1. The van der Waals surface area contributed by atoms with Crippen LogP contribution in [0.5, 0.6) is 0 Å². The van der Waals surface area contributed by atoms with Crippen LogP contribution in [0.1, 0.15) is 68.9 Å². The van der Waals surface area contributed by atoms with Crippen molar-refractivity contribution in [2.75, 3.05) is 0 Å². The van der Waals surface area contributed by atoms with Crippen LogP contribution in [0, 0.1) is 0 Å². The molecule has 0 atom stereocenters. The monoisotopic (exact) mass is 316 g/mol. The number of unbranched alkanes of at least 4 members (excludes halogenated alkanes) is 4. The molecule has 1 nitrogen and oxygen atoms in total. The summed E-state index contributed by atoms with van der Waals surface area (Å²) in [5.41, 5.74) is 2.65. The molecule has 1 heterocycles. The Labute approximate surface area is 138 Å². The van der Waals surface area contributed by atoms with E-state index in [0.717, 1.165) is 17.8 Å². The minimum Gasteiger partial charge on any atom is -0.303 e. The van der Waals surface area contributed by atoms with E-state index < -0.39 is 8.80 Å². The third-order valence-corrected chi connectivity index (χ3v) is 8.86. The summed E-state index contributed by atoms with van der Waals surface area (Å²) in [4.78, 5) is 10.5. The Hall–Kier alpha value is -0.893. The van der Waals surface area contributed by atoms with Gasteiger partial charge in [-0.1, -0.05) is 81.4 Å². The predicted molar refractivity (Wildman–Crippen MR) is 98.5 cm³/mol. The molecule has 22 heavy (non-hydrogen) atoms. The highest BCUT2D eigenvalue weighted by molar-refractivity contribution is 6.59. The van der Waals surface area contributed by atoms with E-state index in [1.54, 1.807) is 18.1 Å². The summed E-state index contributed by atoms with van der Waals surface area (Å²) in [6, 6.07) is 13.5. The van der Waals surface area contributed by atoms with Crippen molar-refractivity contribution in [3.63, 3.8) is 0 Å². The summed E-state index contributed by atoms with van der Waals surface area (Å²) in [5, 5.41) is 0. The second-order valence-electron chi connectivity index (χ2n) is 7.03. The summed E-state index contributed by atoms with van der Waals surface area (Å²) in [6.45, 7) is 2.29. The summed E-state index contributed by atoms with van der Waals surface area (Å²) in [5.74, 6) is 0.786. The van der Waals surface area contributed by atoms with Gasteiger partial charge in [-0.25, -0.2) is 0 Å². The van der Waals surface area contributed by atoms with E-state index in [1.807, 2.05) is 0 Å². The molecule has 122 valence electrons. The molecule has 1 saturated heterocycles. The lowest BCUT2D eigenvalue weighted by Gasteiger charge is -2.28. The molecule has 0 amide bonds. The highest BCUT2D eigenvalue weighted by Gasteiger charge is 2.22. The first-order chi connectivity index (χ1) is 10.8. The van der Waals surface area contributed by atoms with Crippen LogP contribution in [0.4, 0.5) is 0 Å². The van der Waals surface area contributed by atoms with Crippen molar-refractivity contribution < 1.29 is 4.79 Å². The number of carbonyl (C=O) groups is 1. The number of benzene rings is 1. The average molecular weight is 317 g/mol. The molecule has 0 aliphatic carbocycles. The van der Waals surface area contributed by atoms with Crippen molar-refractivity contribution in [2.24, 2.45) is 0 Å². The van der Waals surface area contributed by atoms with Crippen LogP contribution in [0.15, 0.2) is 24.3 Å². The van der Waals surface area contributed by atoms with E-state index in [-0.39, 0.29) is 0 Å². The molecule has 1 aromatic carbocycles. The van der Waals surface area contributed by atoms with Gasteiger partial charge >= 0.3 is 0 Å². The maximum absolute atomic E-state index is 10.5. The van der Waals surface area contributed by atoms with Crippen molar-refractivity contribution in [1.29, 1.82) is 0 Å². The lowest BCUT2D eigenvalue weighted by Crippen LogP contribution is -2.20. The van der Waals surface area contributed by atoms with Gasteiger partial charge < -0.3 is 4.79 Å². The number of aldehydes is 1. The van der Waals surface area contributed by atoms with Crippen LogP contribution >= 0.6 is 0 Å². The lowest BCUT2D eigenvalue weighted by molar-refractivity contribution is -0.107. The predicted octanol–water partition coefficient (Wildman–Crippen LogP) is 5.50. The van der Waals surface area contributed by atoms with Crippen molar-refractivity contribution in [2.45, 2.75) is 82.3 Å². The fourth-order valence-corrected chi connectivity index (χ4v) is 7.32. The Morgan fingerprint density at radius 1 is 1.05 bits per heavy atom. The van der Waals surface area contributed by atoms with Crippen LogP contribution in [0.2, 0.25) is 18.1 Å². The molecule has 1 aromatic rings. The quantitative estimate of drug-likeness (QED) is 0.334. The van der Waals surface area contributed by atoms with Gasteiger partial charge in [-0.3, -0.25) is 0 Å². The third-order valence-electron chi connectivity index (χ3n) is 5.33. The largest absolute Gasteiger partial charge is 0.303 e. The normalized spacial score (nSPS) is 21.7. The Balaban J connectivity index is 1.69. The average Bonchev–Trinajstić information content (AvgIpc) is 2.56. The smallest absolute Gasteiger partial charge is 0.124 e. The summed E-state index contributed by atoms with van der Waals surface area (Å²) >= 11 is 0. The van der Waals surface area contributed by atoms with Gasteiger partial charge in [0.05, 0.1) is 0 Å². The highest BCUT2D eigenvalue weighted by atomic mass is 28.3. The van der Waals surface area contributed by atoms with Crippen LogP contribution in [-0.2, 0) is 11.2 Å². The summed E-state index contributed by atoms with van der Waals surface area (Å²) in [7, 11) is -0.407. The van der Waals surface area contributed by atoms with Crippen molar-refractivity contribution >= 4 is 15.1 Å². The molecule has 0 bridgehead atoms. The fourth-order valence-electron chi connectivity index (χ4n) is 3.84. The van der Waals surface area contributed by atoms with Gasteiger partial charge in [0, 0.05) is 15.2 Å². The van der Waals surface area contributed by atoms with E-state index in [2.05, 4.69) is 31.2 Å². The van der Waals surface area contributed by atoms with Gasteiger partial charge in [0.1, 0.15) is 6.29 Å². The zero-order valence-corrected chi connectivity index (χ0v) is 15.4. The van der Waals surface area contributed by atoms with Crippen LogP contribution in [0.25, 0.3) is 0 Å². The minimum atomic E-state index is -0.407. The van der Waals surface area contributed by atoms with Gasteiger partial charge in [0.2, 0.25) is 0 Å². The second kappa shape index (κ2) is 9.99. The summed E-state index contributed by atoms with van der Waals surface area (Å²) in [6.07, 6.45) is 11.6. The van der Waals surface area contributed by atoms with Crippen molar-refractivity contribution in [1.82, 2.24) is 0 Å². The zero-order chi connectivity index (χ0) is 15.6. The Morgan fingerprint density at radius 3 is 2.36 bits per heavy atom. The molecule has 2 heteroatoms. The van der Waals surface area contributed by atoms with E-state index in [1.165, 1.54) is 50.5 Å². The van der Waals surface area contributed by atoms with E-state index in [9.17, 15) is 4.79 Å². The highest BCUT2D eigenvalue weighted by Crippen LogP contribution is 2.35. The standard InChI is InChI=1S/C20H32OSi/c1-2-3-4-5-6-15-22-16-12-20(13-17-22)19-9-7-18(8-10-19)11-14-21/h7-10,14,20,22H,2-6,11-13,15-17H2,1H3. The third kappa shape index (κ3) is 5.72. The van der Waals surface area contributed by atoms with Crippen LogP contribution in [0.3, 0.4) is 0 Å². The van der Waals surface area contributed by atoms with Gasteiger partial charge in [0.15, 0.2) is 0 Å². The molecule has 1 fully saturated rings. The van der Waals surface area contributed by atoms with Crippen LogP contribution < -0.4 is 0 Å². The minimum absolute atomic E-state index is 0.407. The number of hydrogen-bond acceptors (Lipinski definition) is 1. The molecule has 0 radical (unpaired) electrons. The van der Waals surface area contributed by atoms with Gasteiger partial charge in [0.25, 0.3) is 0 Å². The van der Waals surface area contributed by atoms with Crippen LogP contribution in [-0.4, -0.2) is 15.1 Å². The topological polar surface area (TPSA) is 17.1 Å². The van der Waals surface area contributed by atoms with Gasteiger partial charge in [-0.15, -0.1) is 0 Å². The first kappa shape index (κ1) is 17.5. The number of hydrogen-bond donors (Lipinski definition) is 0. The lowest BCUT2D eigenvalue weighted by atomic mass is 9.92. The molecular formula is C20H32OSi. The number of rotatable bonds is 9. The Bertz CT molecular complexity index is 418.